The van der Waals surface area contributed by atoms with E-state index in [1.54, 1.807) is 29.2 Å². The lowest BCUT2D eigenvalue weighted by molar-refractivity contribution is -0.129. The fourth-order valence-electron chi connectivity index (χ4n) is 3.21. The third-order valence-corrected chi connectivity index (χ3v) is 5.82. The first-order chi connectivity index (χ1) is 13.7. The molecule has 0 radical (unpaired) electrons. The molecule has 29 heavy (non-hydrogen) atoms. The topological polar surface area (TPSA) is 110 Å². The van der Waals surface area contributed by atoms with Crippen molar-refractivity contribution < 1.29 is 22.4 Å². The van der Waals surface area contributed by atoms with Gasteiger partial charge in [0, 0.05) is 26.1 Å². The van der Waals surface area contributed by atoms with Crippen molar-refractivity contribution in [2.75, 3.05) is 13.1 Å². The van der Waals surface area contributed by atoms with Crippen LogP contribution in [0.25, 0.3) is 0 Å². The molecule has 9 heteroatoms. The third kappa shape index (κ3) is 5.61. The number of amides is 2. The van der Waals surface area contributed by atoms with Gasteiger partial charge in [0.15, 0.2) is 0 Å². The number of nitrogens with two attached hydrogens (primary N) is 1. The molecule has 154 valence electrons. The highest BCUT2D eigenvalue weighted by Gasteiger charge is 2.33. The molecule has 2 aromatic rings. The normalized spacial score (nSPS) is 16.8. The van der Waals surface area contributed by atoms with Gasteiger partial charge in [-0.1, -0.05) is 24.3 Å². The number of benzene rings is 2. The Morgan fingerprint density at radius 2 is 1.72 bits per heavy atom. The van der Waals surface area contributed by atoms with E-state index in [0.717, 1.165) is 11.1 Å². The Hall–Kier alpha value is -2.78. The lowest BCUT2D eigenvalue weighted by Gasteiger charge is -2.16. The molecular weight excluding hydrogens is 397 g/mol. The van der Waals surface area contributed by atoms with Gasteiger partial charge < -0.3 is 10.2 Å². The number of carbonyl (C=O) groups is 2. The van der Waals surface area contributed by atoms with Crippen LogP contribution in [0.5, 0.6) is 0 Å². The van der Waals surface area contributed by atoms with Crippen LogP contribution in [0.15, 0.2) is 53.4 Å². The Morgan fingerprint density at radius 3 is 2.34 bits per heavy atom. The van der Waals surface area contributed by atoms with Crippen molar-refractivity contribution in [3.05, 3.63) is 65.5 Å². The molecule has 1 atom stereocenters. The van der Waals surface area contributed by atoms with Crippen molar-refractivity contribution >= 4 is 21.8 Å². The second-order valence-corrected chi connectivity index (χ2v) is 8.59. The van der Waals surface area contributed by atoms with Crippen molar-refractivity contribution in [2.45, 2.75) is 24.3 Å². The SMILES string of the molecule is NS(=O)(=O)c1ccc(CNC(=O)C2CC(=O)N(CCc3ccc(F)cc3)C2)cc1. The van der Waals surface area contributed by atoms with Crippen LogP contribution >= 0.6 is 0 Å². The molecule has 3 rings (SSSR count). The molecule has 0 aliphatic carbocycles. The molecule has 0 bridgehead atoms. The van der Waals surface area contributed by atoms with Crippen molar-refractivity contribution in [1.82, 2.24) is 10.2 Å². The van der Waals surface area contributed by atoms with E-state index >= 15 is 0 Å². The summed E-state index contributed by atoms with van der Waals surface area (Å²) in [7, 11) is -3.75. The van der Waals surface area contributed by atoms with Crippen molar-refractivity contribution in [3.8, 4) is 0 Å². The number of halogens is 1. The molecule has 1 saturated heterocycles. The largest absolute Gasteiger partial charge is 0.352 e. The lowest BCUT2D eigenvalue weighted by Crippen LogP contribution is -2.33. The summed E-state index contributed by atoms with van der Waals surface area (Å²) in [5, 5.41) is 7.84. The molecule has 1 fully saturated rings. The number of primary sulfonamides is 1. The fourth-order valence-corrected chi connectivity index (χ4v) is 3.72. The molecule has 0 aromatic heterocycles. The zero-order valence-electron chi connectivity index (χ0n) is 15.7. The van der Waals surface area contributed by atoms with Crippen LogP contribution in [0.3, 0.4) is 0 Å². The number of rotatable bonds is 7. The van der Waals surface area contributed by atoms with E-state index in [-0.39, 0.29) is 35.5 Å². The lowest BCUT2D eigenvalue weighted by atomic mass is 10.1. The minimum atomic E-state index is -3.75. The summed E-state index contributed by atoms with van der Waals surface area (Å²) in [6.07, 6.45) is 0.746. The highest BCUT2D eigenvalue weighted by atomic mass is 32.2. The van der Waals surface area contributed by atoms with Gasteiger partial charge in [0.25, 0.3) is 0 Å². The molecule has 7 nitrogen and oxygen atoms in total. The van der Waals surface area contributed by atoms with Gasteiger partial charge >= 0.3 is 0 Å². The molecule has 0 saturated carbocycles. The van der Waals surface area contributed by atoms with E-state index in [9.17, 15) is 22.4 Å². The fraction of sp³-hybridized carbons (Fsp3) is 0.300. The van der Waals surface area contributed by atoms with Gasteiger partial charge in [0.05, 0.1) is 10.8 Å². The Morgan fingerprint density at radius 1 is 1.10 bits per heavy atom. The predicted octanol–water partition coefficient (Wildman–Crippen LogP) is 1.18. The van der Waals surface area contributed by atoms with E-state index in [2.05, 4.69) is 5.32 Å². The molecular formula is C20H22FN3O4S. The van der Waals surface area contributed by atoms with Gasteiger partial charge in [-0.3, -0.25) is 9.59 Å². The third-order valence-electron chi connectivity index (χ3n) is 4.89. The number of nitrogens with one attached hydrogen (secondary N) is 1. The number of carbonyl (C=O) groups excluding carboxylic acids is 2. The molecule has 1 heterocycles. The predicted molar refractivity (Wildman–Crippen MR) is 104 cm³/mol. The molecule has 3 N–H and O–H groups in total. The Balaban J connectivity index is 1.49. The highest BCUT2D eigenvalue weighted by Crippen LogP contribution is 2.19. The van der Waals surface area contributed by atoms with Crippen LogP contribution in [-0.4, -0.2) is 38.2 Å². The minimum absolute atomic E-state index is 0.00534. The zero-order chi connectivity index (χ0) is 21.0. The standard InChI is InChI=1S/C20H22FN3O4S/c21-17-5-1-14(2-6-17)9-10-24-13-16(11-19(24)25)20(26)23-12-15-3-7-18(8-4-15)29(22,27)28/h1-8,16H,9-13H2,(H,23,26)(H2,22,27,28). The second kappa shape index (κ2) is 8.71. The van der Waals surface area contributed by atoms with Crippen LogP contribution in [0.2, 0.25) is 0 Å². The van der Waals surface area contributed by atoms with Gasteiger partial charge in [0.2, 0.25) is 21.8 Å². The zero-order valence-corrected chi connectivity index (χ0v) is 16.5. The van der Waals surface area contributed by atoms with Gasteiger partial charge in [-0.05, 0) is 41.8 Å². The van der Waals surface area contributed by atoms with Gasteiger partial charge in [0.1, 0.15) is 5.82 Å². The van der Waals surface area contributed by atoms with E-state index < -0.39 is 15.9 Å². The number of nitrogens with zero attached hydrogens (tertiary/aromatic N) is 1. The van der Waals surface area contributed by atoms with E-state index in [1.165, 1.54) is 24.3 Å². The Kier molecular flexibility index (Phi) is 6.29. The maximum atomic E-state index is 13.0. The van der Waals surface area contributed by atoms with Crippen LogP contribution in [0, 0.1) is 11.7 Å². The quantitative estimate of drug-likeness (QED) is 0.702. The number of hydrogen-bond donors (Lipinski definition) is 2. The second-order valence-electron chi connectivity index (χ2n) is 7.02. The van der Waals surface area contributed by atoms with Crippen LogP contribution in [-0.2, 0) is 32.6 Å². The summed E-state index contributed by atoms with van der Waals surface area (Å²) in [6, 6.07) is 12.0. The first kappa shape index (κ1) is 20.9. The summed E-state index contributed by atoms with van der Waals surface area (Å²) >= 11 is 0. The van der Waals surface area contributed by atoms with Crippen LogP contribution in [0.1, 0.15) is 17.5 Å². The van der Waals surface area contributed by atoms with Crippen molar-refractivity contribution in [2.24, 2.45) is 11.1 Å². The van der Waals surface area contributed by atoms with Gasteiger partial charge in [-0.15, -0.1) is 0 Å². The van der Waals surface area contributed by atoms with Crippen molar-refractivity contribution in [3.63, 3.8) is 0 Å². The first-order valence-electron chi connectivity index (χ1n) is 9.14. The summed E-state index contributed by atoms with van der Waals surface area (Å²) in [4.78, 5) is 26.2. The monoisotopic (exact) mass is 419 g/mol. The van der Waals surface area contributed by atoms with Crippen LogP contribution < -0.4 is 10.5 Å². The molecule has 1 aliphatic rings. The van der Waals surface area contributed by atoms with E-state index in [0.29, 0.717) is 19.5 Å². The summed E-state index contributed by atoms with van der Waals surface area (Å²) in [6.45, 7) is 1.05. The maximum Gasteiger partial charge on any atom is 0.238 e. The molecule has 2 aromatic carbocycles. The van der Waals surface area contributed by atoms with Crippen LogP contribution in [0.4, 0.5) is 4.39 Å². The first-order valence-corrected chi connectivity index (χ1v) is 10.7. The van der Waals surface area contributed by atoms with E-state index in [4.69, 9.17) is 5.14 Å². The Labute approximate surface area is 168 Å². The van der Waals surface area contributed by atoms with Gasteiger partial charge in [-0.25, -0.2) is 17.9 Å². The molecule has 1 aliphatic heterocycles. The van der Waals surface area contributed by atoms with Gasteiger partial charge in [-0.2, -0.15) is 0 Å². The summed E-state index contributed by atoms with van der Waals surface area (Å²) in [5.74, 6) is -1.04. The van der Waals surface area contributed by atoms with E-state index in [1.807, 2.05) is 0 Å². The summed E-state index contributed by atoms with van der Waals surface area (Å²) in [5.41, 5.74) is 1.65. The Bertz CT molecular complexity index is 991. The average molecular weight is 419 g/mol. The number of sulfonamides is 1. The smallest absolute Gasteiger partial charge is 0.238 e. The molecule has 2 amide bonds. The highest BCUT2D eigenvalue weighted by molar-refractivity contribution is 7.89. The average Bonchev–Trinajstić information content (AvgIpc) is 3.06. The summed E-state index contributed by atoms with van der Waals surface area (Å²) < 4.78 is 35.5. The minimum Gasteiger partial charge on any atom is -0.352 e. The number of likely N-dealkylation sites (tertiary alicyclic amines) is 1. The van der Waals surface area contributed by atoms with Crippen molar-refractivity contribution in [1.29, 1.82) is 0 Å². The molecule has 0 spiro atoms. The maximum absolute atomic E-state index is 13.0. The molecule has 1 unspecified atom stereocenters. The number of hydrogen-bond acceptors (Lipinski definition) is 4.